The highest BCUT2D eigenvalue weighted by atomic mass is 16.4. The van der Waals surface area contributed by atoms with Crippen LogP contribution in [0.1, 0.15) is 52.7 Å². The fourth-order valence-corrected chi connectivity index (χ4v) is 3.13. The summed E-state index contributed by atoms with van der Waals surface area (Å²) in [7, 11) is 0. The summed E-state index contributed by atoms with van der Waals surface area (Å²) in [5.74, 6) is -0.809. The Morgan fingerprint density at radius 2 is 1.80 bits per heavy atom. The molecule has 3 nitrogen and oxygen atoms in total. The third-order valence-corrected chi connectivity index (χ3v) is 4.40. The van der Waals surface area contributed by atoms with Crippen LogP contribution < -0.4 is 0 Å². The minimum absolute atomic E-state index is 0.485. The van der Waals surface area contributed by atoms with Gasteiger partial charge in [-0.2, -0.15) is 0 Å². The lowest BCUT2D eigenvalue weighted by Gasteiger charge is -2.20. The Balaban J connectivity index is 2.06. The number of benzene rings is 1. The van der Waals surface area contributed by atoms with Crippen molar-refractivity contribution < 1.29 is 9.90 Å². The van der Waals surface area contributed by atoms with E-state index in [0.717, 1.165) is 24.1 Å². The molecule has 3 heteroatoms. The predicted molar refractivity (Wildman–Crippen MR) is 81.5 cm³/mol. The van der Waals surface area contributed by atoms with Crippen LogP contribution in [0.25, 0.3) is 0 Å². The van der Waals surface area contributed by atoms with Gasteiger partial charge in [0.05, 0.1) is 5.56 Å². The zero-order valence-electron chi connectivity index (χ0n) is 12.6. The summed E-state index contributed by atoms with van der Waals surface area (Å²) in [6, 6.07) is 4.03. The molecule has 0 aliphatic carbocycles. The first-order valence-electron chi connectivity index (χ1n) is 7.64. The number of rotatable bonds is 4. The second-order valence-electron chi connectivity index (χ2n) is 5.85. The van der Waals surface area contributed by atoms with E-state index in [2.05, 4.69) is 11.0 Å². The molecule has 0 amide bonds. The van der Waals surface area contributed by atoms with Gasteiger partial charge >= 0.3 is 5.97 Å². The van der Waals surface area contributed by atoms with Crippen LogP contribution in [0.15, 0.2) is 12.1 Å². The van der Waals surface area contributed by atoms with Crippen molar-refractivity contribution in [1.82, 2.24) is 4.90 Å². The molecule has 2 rings (SSSR count). The number of nitrogens with zero attached hydrogens (tertiary/aromatic N) is 1. The van der Waals surface area contributed by atoms with Crippen molar-refractivity contribution in [3.8, 4) is 0 Å². The molecule has 0 radical (unpaired) electrons. The summed E-state index contributed by atoms with van der Waals surface area (Å²) in [5, 5.41) is 9.31. The molecular weight excluding hydrogens is 250 g/mol. The molecule has 0 aromatic heterocycles. The normalized spacial score (nSPS) is 16.9. The highest BCUT2D eigenvalue weighted by molar-refractivity contribution is 5.91. The number of carboxylic acid groups (broad SMARTS) is 1. The maximum atomic E-state index is 11.3. The van der Waals surface area contributed by atoms with E-state index in [0.29, 0.717) is 5.56 Å². The summed E-state index contributed by atoms with van der Waals surface area (Å²) < 4.78 is 0. The van der Waals surface area contributed by atoms with Gasteiger partial charge in [-0.15, -0.1) is 0 Å². The first-order chi connectivity index (χ1) is 9.59. The third-order valence-electron chi connectivity index (χ3n) is 4.40. The maximum absolute atomic E-state index is 11.3. The average molecular weight is 275 g/mol. The summed E-state index contributed by atoms with van der Waals surface area (Å²) in [6.07, 6.45) is 6.25. The standard InChI is InChI=1S/C17H25NO2/c1-13-7-8-15(14(2)16(13)17(19)20)9-12-18-10-5-3-4-6-11-18/h7-8H,3-6,9-12H2,1-2H3,(H,19,20). The molecule has 1 aliphatic heterocycles. The SMILES string of the molecule is Cc1ccc(CCN2CCCCCC2)c(C)c1C(=O)O. The van der Waals surface area contributed by atoms with E-state index in [9.17, 15) is 9.90 Å². The van der Waals surface area contributed by atoms with Gasteiger partial charge in [0.1, 0.15) is 0 Å². The zero-order valence-corrected chi connectivity index (χ0v) is 12.6. The van der Waals surface area contributed by atoms with Crippen LogP contribution in [0.2, 0.25) is 0 Å². The molecule has 0 bridgehead atoms. The molecule has 0 unspecified atom stereocenters. The second-order valence-corrected chi connectivity index (χ2v) is 5.85. The Kier molecular flexibility index (Phi) is 5.18. The predicted octanol–water partition coefficient (Wildman–Crippen LogP) is 3.42. The Hall–Kier alpha value is -1.35. The van der Waals surface area contributed by atoms with E-state index in [4.69, 9.17) is 0 Å². The van der Waals surface area contributed by atoms with Crippen molar-refractivity contribution in [3.63, 3.8) is 0 Å². The lowest BCUT2D eigenvalue weighted by molar-refractivity contribution is 0.0695. The van der Waals surface area contributed by atoms with E-state index in [-0.39, 0.29) is 0 Å². The lowest BCUT2D eigenvalue weighted by atomic mass is 9.96. The van der Waals surface area contributed by atoms with Crippen molar-refractivity contribution in [2.45, 2.75) is 46.0 Å². The molecule has 0 saturated carbocycles. The number of aromatic carboxylic acids is 1. The van der Waals surface area contributed by atoms with E-state index >= 15 is 0 Å². The van der Waals surface area contributed by atoms with Crippen LogP contribution in [0, 0.1) is 13.8 Å². The summed E-state index contributed by atoms with van der Waals surface area (Å²) >= 11 is 0. The molecule has 1 fully saturated rings. The van der Waals surface area contributed by atoms with Crippen molar-refractivity contribution in [3.05, 3.63) is 34.4 Å². The topological polar surface area (TPSA) is 40.5 Å². The van der Waals surface area contributed by atoms with Gasteiger partial charge in [0.25, 0.3) is 0 Å². The van der Waals surface area contributed by atoms with Gasteiger partial charge in [0.2, 0.25) is 0 Å². The lowest BCUT2D eigenvalue weighted by Crippen LogP contribution is -2.27. The van der Waals surface area contributed by atoms with E-state index in [1.54, 1.807) is 0 Å². The van der Waals surface area contributed by atoms with Gasteiger partial charge in [-0.1, -0.05) is 25.0 Å². The van der Waals surface area contributed by atoms with Gasteiger partial charge in [-0.25, -0.2) is 4.79 Å². The molecular formula is C17H25NO2. The molecule has 20 heavy (non-hydrogen) atoms. The summed E-state index contributed by atoms with van der Waals surface area (Å²) in [4.78, 5) is 13.9. The van der Waals surface area contributed by atoms with E-state index in [1.165, 1.54) is 44.3 Å². The minimum Gasteiger partial charge on any atom is -0.478 e. The fourth-order valence-electron chi connectivity index (χ4n) is 3.13. The van der Waals surface area contributed by atoms with Gasteiger partial charge in [0.15, 0.2) is 0 Å². The average Bonchev–Trinajstić information content (AvgIpc) is 2.66. The minimum atomic E-state index is -0.809. The smallest absolute Gasteiger partial charge is 0.336 e. The van der Waals surface area contributed by atoms with Crippen LogP contribution in [0.5, 0.6) is 0 Å². The molecule has 1 aliphatic rings. The van der Waals surface area contributed by atoms with E-state index < -0.39 is 5.97 Å². The van der Waals surface area contributed by atoms with Crippen LogP contribution in [-0.4, -0.2) is 35.6 Å². The fraction of sp³-hybridized carbons (Fsp3) is 0.588. The Labute approximate surface area is 121 Å². The number of carbonyl (C=O) groups is 1. The molecule has 1 saturated heterocycles. The molecule has 1 N–H and O–H groups in total. The monoisotopic (exact) mass is 275 g/mol. The Morgan fingerprint density at radius 3 is 2.40 bits per heavy atom. The molecule has 0 spiro atoms. The number of hydrogen-bond acceptors (Lipinski definition) is 2. The third kappa shape index (κ3) is 3.60. The molecule has 0 atom stereocenters. The molecule has 1 heterocycles. The van der Waals surface area contributed by atoms with Crippen LogP contribution in [0.4, 0.5) is 0 Å². The zero-order chi connectivity index (χ0) is 14.5. The first-order valence-corrected chi connectivity index (χ1v) is 7.64. The van der Waals surface area contributed by atoms with Gasteiger partial charge < -0.3 is 10.0 Å². The Bertz CT molecular complexity index is 474. The van der Waals surface area contributed by atoms with Gasteiger partial charge in [-0.05, 0) is 62.9 Å². The summed E-state index contributed by atoms with van der Waals surface area (Å²) in [6.45, 7) is 7.24. The number of aryl methyl sites for hydroxylation is 1. The maximum Gasteiger partial charge on any atom is 0.336 e. The largest absolute Gasteiger partial charge is 0.478 e. The van der Waals surface area contributed by atoms with Crippen molar-refractivity contribution in [2.24, 2.45) is 0 Å². The highest BCUT2D eigenvalue weighted by Gasteiger charge is 2.15. The van der Waals surface area contributed by atoms with Crippen LogP contribution in [-0.2, 0) is 6.42 Å². The highest BCUT2D eigenvalue weighted by Crippen LogP contribution is 2.19. The Morgan fingerprint density at radius 1 is 1.15 bits per heavy atom. The number of carboxylic acids is 1. The van der Waals surface area contributed by atoms with Crippen LogP contribution >= 0.6 is 0 Å². The van der Waals surface area contributed by atoms with Gasteiger partial charge in [-0.3, -0.25) is 0 Å². The van der Waals surface area contributed by atoms with Crippen LogP contribution in [0.3, 0.4) is 0 Å². The van der Waals surface area contributed by atoms with Gasteiger partial charge in [0, 0.05) is 6.54 Å². The van der Waals surface area contributed by atoms with Crippen molar-refractivity contribution in [1.29, 1.82) is 0 Å². The number of likely N-dealkylation sites (tertiary alicyclic amines) is 1. The molecule has 1 aromatic carbocycles. The van der Waals surface area contributed by atoms with Crippen molar-refractivity contribution >= 4 is 5.97 Å². The van der Waals surface area contributed by atoms with Crippen molar-refractivity contribution in [2.75, 3.05) is 19.6 Å². The summed E-state index contributed by atoms with van der Waals surface area (Å²) in [5.41, 5.74) is 3.46. The molecule has 110 valence electrons. The first kappa shape index (κ1) is 15.0. The van der Waals surface area contributed by atoms with E-state index in [1.807, 2.05) is 19.9 Å². The molecule has 1 aromatic rings. The quantitative estimate of drug-likeness (QED) is 0.915. The second kappa shape index (κ2) is 6.89. The number of hydrogen-bond donors (Lipinski definition) is 1.